The highest BCUT2D eigenvalue weighted by Crippen LogP contribution is 2.20. The maximum Gasteiger partial charge on any atom is 0.254 e. The lowest BCUT2D eigenvalue weighted by molar-refractivity contribution is -0.130. The first-order valence-electron chi connectivity index (χ1n) is 8.89. The number of rotatable bonds is 5. The van der Waals surface area contributed by atoms with E-state index in [2.05, 4.69) is 0 Å². The number of benzene rings is 1. The predicted molar refractivity (Wildman–Crippen MR) is 102 cm³/mol. The minimum atomic E-state index is -0.461. The Hall–Kier alpha value is -2.34. The smallest absolute Gasteiger partial charge is 0.254 e. The van der Waals surface area contributed by atoms with Gasteiger partial charge >= 0.3 is 0 Å². The molecule has 0 saturated carbocycles. The summed E-state index contributed by atoms with van der Waals surface area (Å²) in [5.41, 5.74) is 1.53. The lowest BCUT2D eigenvalue weighted by Gasteiger charge is -2.18. The SMILES string of the molecule is Cc1cc(OC2CCN(C(=O)CCc3ccc(F)c(Cl)c3)C2)cc(=O)n1C. The molecule has 1 fully saturated rings. The number of aryl methyl sites for hydroxylation is 2. The Morgan fingerprint density at radius 1 is 1.33 bits per heavy atom. The molecule has 1 aliphatic heterocycles. The van der Waals surface area contributed by atoms with Crippen molar-refractivity contribution in [3.8, 4) is 5.75 Å². The first kappa shape index (κ1) is 19.4. The molecule has 1 saturated heterocycles. The Bertz CT molecular complexity index is 913. The molecule has 0 bridgehead atoms. The number of carbonyl (C=O) groups excluding carboxylic acids is 1. The first-order chi connectivity index (χ1) is 12.8. The van der Waals surface area contributed by atoms with Gasteiger partial charge < -0.3 is 14.2 Å². The largest absolute Gasteiger partial charge is 0.488 e. The van der Waals surface area contributed by atoms with Crippen LogP contribution in [0, 0.1) is 12.7 Å². The lowest BCUT2D eigenvalue weighted by Crippen LogP contribution is -2.31. The van der Waals surface area contributed by atoms with E-state index >= 15 is 0 Å². The molecule has 144 valence electrons. The number of pyridine rings is 1. The summed E-state index contributed by atoms with van der Waals surface area (Å²) in [5, 5.41) is 0.0684. The first-order valence-corrected chi connectivity index (χ1v) is 9.27. The summed E-state index contributed by atoms with van der Waals surface area (Å²) in [5.74, 6) is 0.106. The molecule has 2 aromatic rings. The van der Waals surface area contributed by atoms with Crippen molar-refractivity contribution in [1.82, 2.24) is 9.47 Å². The molecule has 1 atom stereocenters. The molecule has 0 N–H and O–H groups in total. The van der Waals surface area contributed by atoms with E-state index in [4.69, 9.17) is 16.3 Å². The molecule has 1 aromatic carbocycles. The third-order valence-electron chi connectivity index (χ3n) is 4.89. The molecule has 3 rings (SSSR count). The normalized spacial score (nSPS) is 16.6. The van der Waals surface area contributed by atoms with Crippen molar-refractivity contribution in [2.24, 2.45) is 7.05 Å². The molecular weight excluding hydrogens is 371 g/mol. The van der Waals surface area contributed by atoms with Crippen LogP contribution in [-0.2, 0) is 18.3 Å². The molecular formula is C20H22ClFN2O3. The Morgan fingerprint density at radius 3 is 2.81 bits per heavy atom. The zero-order valence-corrected chi connectivity index (χ0v) is 16.1. The van der Waals surface area contributed by atoms with Crippen molar-refractivity contribution >= 4 is 17.5 Å². The van der Waals surface area contributed by atoms with E-state index in [9.17, 15) is 14.0 Å². The zero-order valence-electron chi connectivity index (χ0n) is 15.4. The van der Waals surface area contributed by atoms with E-state index in [1.165, 1.54) is 12.1 Å². The standard InChI is InChI=1S/C20H22ClFN2O3/c1-13-9-16(11-20(26)23(13)2)27-15-7-8-24(12-15)19(25)6-4-14-3-5-18(22)17(21)10-14/h3,5,9-11,15H,4,6-8,12H2,1-2H3. The van der Waals surface area contributed by atoms with Gasteiger partial charge in [0, 0.05) is 38.2 Å². The van der Waals surface area contributed by atoms with Crippen molar-refractivity contribution in [1.29, 1.82) is 0 Å². The Balaban J connectivity index is 1.53. The van der Waals surface area contributed by atoms with Crippen molar-refractivity contribution in [2.75, 3.05) is 13.1 Å². The van der Waals surface area contributed by atoms with Crippen molar-refractivity contribution in [3.63, 3.8) is 0 Å². The van der Waals surface area contributed by atoms with Gasteiger partial charge in [-0.25, -0.2) is 4.39 Å². The van der Waals surface area contributed by atoms with Crippen LogP contribution in [-0.4, -0.2) is 34.6 Å². The highest BCUT2D eigenvalue weighted by atomic mass is 35.5. The molecule has 5 nitrogen and oxygen atoms in total. The summed E-state index contributed by atoms with van der Waals surface area (Å²) in [6.45, 7) is 2.97. The highest BCUT2D eigenvalue weighted by Gasteiger charge is 2.27. The molecule has 1 amide bonds. The molecule has 2 heterocycles. The zero-order chi connectivity index (χ0) is 19.6. The number of hydrogen-bond donors (Lipinski definition) is 0. The molecule has 1 unspecified atom stereocenters. The van der Waals surface area contributed by atoms with Crippen molar-refractivity contribution in [2.45, 2.75) is 32.3 Å². The van der Waals surface area contributed by atoms with Gasteiger partial charge in [0.1, 0.15) is 17.7 Å². The van der Waals surface area contributed by atoms with Crippen LogP contribution in [0.2, 0.25) is 5.02 Å². The molecule has 0 spiro atoms. The summed E-state index contributed by atoms with van der Waals surface area (Å²) in [4.78, 5) is 26.1. The Morgan fingerprint density at radius 2 is 2.11 bits per heavy atom. The van der Waals surface area contributed by atoms with Gasteiger partial charge in [-0.3, -0.25) is 9.59 Å². The van der Waals surface area contributed by atoms with Gasteiger partial charge in [0.05, 0.1) is 11.6 Å². The van der Waals surface area contributed by atoms with Gasteiger partial charge in [0.2, 0.25) is 5.91 Å². The van der Waals surface area contributed by atoms with Crippen molar-refractivity contribution < 1.29 is 13.9 Å². The van der Waals surface area contributed by atoms with Crippen LogP contribution < -0.4 is 10.3 Å². The minimum absolute atomic E-state index is 0.0294. The molecule has 0 aliphatic carbocycles. The third-order valence-corrected chi connectivity index (χ3v) is 5.18. The second kappa shape index (κ2) is 8.13. The number of amides is 1. The summed E-state index contributed by atoms with van der Waals surface area (Å²) in [6.07, 6.45) is 1.44. The van der Waals surface area contributed by atoms with Crippen LogP contribution in [0.4, 0.5) is 4.39 Å². The number of carbonyl (C=O) groups is 1. The fourth-order valence-electron chi connectivity index (χ4n) is 3.15. The fourth-order valence-corrected chi connectivity index (χ4v) is 3.36. The second-order valence-electron chi connectivity index (χ2n) is 6.85. The maximum atomic E-state index is 13.2. The quantitative estimate of drug-likeness (QED) is 0.785. The number of nitrogens with zero attached hydrogens (tertiary/aromatic N) is 2. The highest BCUT2D eigenvalue weighted by molar-refractivity contribution is 6.30. The molecule has 0 radical (unpaired) electrons. The topological polar surface area (TPSA) is 51.5 Å². The number of aromatic nitrogens is 1. The Kier molecular flexibility index (Phi) is 5.85. The number of hydrogen-bond acceptors (Lipinski definition) is 3. The number of likely N-dealkylation sites (tertiary alicyclic amines) is 1. The van der Waals surface area contributed by atoms with E-state index in [1.54, 1.807) is 28.6 Å². The summed E-state index contributed by atoms with van der Waals surface area (Å²) >= 11 is 5.77. The van der Waals surface area contributed by atoms with Gasteiger partial charge in [0.25, 0.3) is 5.56 Å². The fraction of sp³-hybridized carbons (Fsp3) is 0.400. The third kappa shape index (κ3) is 4.69. The number of ether oxygens (including phenoxy) is 1. The van der Waals surface area contributed by atoms with Crippen LogP contribution >= 0.6 is 11.6 Å². The summed E-state index contributed by atoms with van der Waals surface area (Å²) in [7, 11) is 1.71. The van der Waals surface area contributed by atoms with Crippen LogP contribution in [0.1, 0.15) is 24.1 Å². The van der Waals surface area contributed by atoms with E-state index in [-0.39, 0.29) is 22.6 Å². The minimum Gasteiger partial charge on any atom is -0.488 e. The van der Waals surface area contributed by atoms with Crippen molar-refractivity contribution in [3.05, 3.63) is 62.8 Å². The lowest BCUT2D eigenvalue weighted by atomic mass is 10.1. The second-order valence-corrected chi connectivity index (χ2v) is 7.25. The van der Waals surface area contributed by atoms with Gasteiger partial charge in [-0.15, -0.1) is 0 Å². The van der Waals surface area contributed by atoms with E-state index in [0.717, 1.165) is 17.7 Å². The maximum absolute atomic E-state index is 13.2. The molecule has 27 heavy (non-hydrogen) atoms. The van der Waals surface area contributed by atoms with E-state index in [1.807, 2.05) is 13.0 Å². The van der Waals surface area contributed by atoms with Crippen LogP contribution in [0.3, 0.4) is 0 Å². The predicted octanol–water partition coefficient (Wildman–Crippen LogP) is 3.10. The van der Waals surface area contributed by atoms with E-state index in [0.29, 0.717) is 31.7 Å². The van der Waals surface area contributed by atoms with Crippen LogP contribution in [0.15, 0.2) is 35.1 Å². The molecule has 1 aromatic heterocycles. The average molecular weight is 393 g/mol. The summed E-state index contributed by atoms with van der Waals surface area (Å²) in [6, 6.07) is 7.80. The average Bonchev–Trinajstić information content (AvgIpc) is 3.09. The van der Waals surface area contributed by atoms with E-state index < -0.39 is 5.82 Å². The Labute approximate surface area is 162 Å². The van der Waals surface area contributed by atoms with Gasteiger partial charge in [-0.2, -0.15) is 0 Å². The van der Waals surface area contributed by atoms with Gasteiger partial charge in [-0.05, 0) is 37.1 Å². The molecule has 7 heteroatoms. The van der Waals surface area contributed by atoms with Gasteiger partial charge in [0.15, 0.2) is 0 Å². The van der Waals surface area contributed by atoms with Crippen LogP contribution in [0.5, 0.6) is 5.75 Å². The monoisotopic (exact) mass is 392 g/mol. The summed E-state index contributed by atoms with van der Waals surface area (Å²) < 4.78 is 20.6. The van der Waals surface area contributed by atoms with Gasteiger partial charge in [-0.1, -0.05) is 17.7 Å². The van der Waals surface area contributed by atoms with Crippen LogP contribution in [0.25, 0.3) is 0 Å². The molecule has 1 aliphatic rings. The number of halogens is 2.